The van der Waals surface area contributed by atoms with Crippen molar-refractivity contribution in [1.82, 2.24) is 10.2 Å². The molecule has 3 nitrogen and oxygen atoms in total. The first-order valence-corrected chi connectivity index (χ1v) is 3.82. The molecule has 0 amide bonds. The average molecular weight is 203 g/mol. The van der Waals surface area contributed by atoms with E-state index in [-0.39, 0.29) is 5.69 Å². The summed E-state index contributed by atoms with van der Waals surface area (Å²) in [5.74, 6) is 0. The molecule has 1 rings (SSSR count). The van der Waals surface area contributed by atoms with Crippen molar-refractivity contribution < 1.29 is 13.2 Å². The lowest BCUT2D eigenvalue weighted by atomic mass is 9.91. The van der Waals surface area contributed by atoms with Crippen LogP contribution in [-0.4, -0.2) is 10.2 Å². The van der Waals surface area contributed by atoms with Crippen molar-refractivity contribution in [2.75, 3.05) is 0 Å². The van der Waals surface area contributed by atoms with Gasteiger partial charge in [0.1, 0.15) is 5.69 Å². The van der Waals surface area contributed by atoms with Gasteiger partial charge in [0.05, 0.1) is 17.2 Å². The highest BCUT2D eigenvalue weighted by molar-refractivity contribution is 5.25. The number of aromatic nitrogens is 2. The summed E-state index contributed by atoms with van der Waals surface area (Å²) < 4.78 is 36.4. The van der Waals surface area contributed by atoms with E-state index in [1.165, 1.54) is 13.8 Å². The molecular weight excluding hydrogens is 195 g/mol. The van der Waals surface area contributed by atoms with Crippen LogP contribution in [0.1, 0.15) is 25.2 Å². The molecule has 0 atom stereocenters. The Hall–Kier alpha value is -1.51. The van der Waals surface area contributed by atoms with Gasteiger partial charge in [0, 0.05) is 0 Å². The third-order valence-electron chi connectivity index (χ3n) is 1.80. The van der Waals surface area contributed by atoms with Gasteiger partial charge >= 0.3 is 6.18 Å². The predicted octanol–water partition coefficient (Wildman–Crippen LogP) is 2.23. The molecule has 1 N–H and O–H groups in total. The highest BCUT2D eigenvalue weighted by atomic mass is 19.4. The van der Waals surface area contributed by atoms with E-state index >= 15 is 0 Å². The van der Waals surface area contributed by atoms with E-state index in [1.54, 1.807) is 0 Å². The van der Waals surface area contributed by atoms with Crippen LogP contribution in [-0.2, 0) is 11.6 Å². The van der Waals surface area contributed by atoms with E-state index in [0.717, 1.165) is 6.07 Å². The van der Waals surface area contributed by atoms with Crippen LogP contribution < -0.4 is 0 Å². The van der Waals surface area contributed by atoms with Crippen molar-refractivity contribution in [3.63, 3.8) is 0 Å². The molecule has 0 aliphatic carbocycles. The molecule has 0 spiro atoms. The number of aromatic amines is 1. The number of nitrogens with one attached hydrogen (secondary N) is 1. The first kappa shape index (κ1) is 10.6. The third kappa shape index (κ3) is 1.87. The third-order valence-corrected chi connectivity index (χ3v) is 1.80. The Morgan fingerprint density at radius 3 is 2.36 bits per heavy atom. The zero-order chi connectivity index (χ0) is 11.0. The van der Waals surface area contributed by atoms with Crippen molar-refractivity contribution in [1.29, 1.82) is 5.26 Å². The molecule has 6 heteroatoms. The van der Waals surface area contributed by atoms with Gasteiger partial charge < -0.3 is 0 Å². The molecule has 0 fully saturated rings. The summed E-state index contributed by atoms with van der Waals surface area (Å²) >= 11 is 0. The molecule has 14 heavy (non-hydrogen) atoms. The maximum absolute atomic E-state index is 12.1. The van der Waals surface area contributed by atoms with E-state index in [4.69, 9.17) is 5.26 Å². The fourth-order valence-electron chi connectivity index (χ4n) is 0.844. The minimum atomic E-state index is -4.45. The Labute approximate surface area is 78.5 Å². The summed E-state index contributed by atoms with van der Waals surface area (Å²) in [7, 11) is 0. The number of rotatable bonds is 1. The van der Waals surface area contributed by atoms with Crippen molar-refractivity contribution >= 4 is 0 Å². The quantitative estimate of drug-likeness (QED) is 0.760. The minimum Gasteiger partial charge on any atom is -0.273 e. The molecule has 0 unspecified atom stereocenters. The van der Waals surface area contributed by atoms with Gasteiger partial charge in [0.15, 0.2) is 0 Å². The standard InChI is InChI=1S/C8H8F3N3/c1-7(2,4-12)5-3-6(14-13-5)8(9,10)11/h3H,1-2H3,(H,13,14). The maximum Gasteiger partial charge on any atom is 0.432 e. The van der Waals surface area contributed by atoms with Gasteiger partial charge in [0.2, 0.25) is 0 Å². The molecule has 76 valence electrons. The van der Waals surface area contributed by atoms with E-state index in [2.05, 4.69) is 5.10 Å². The van der Waals surface area contributed by atoms with E-state index in [9.17, 15) is 13.2 Å². The van der Waals surface area contributed by atoms with Crippen molar-refractivity contribution in [3.05, 3.63) is 17.5 Å². The highest BCUT2D eigenvalue weighted by Crippen LogP contribution is 2.30. The highest BCUT2D eigenvalue weighted by Gasteiger charge is 2.35. The van der Waals surface area contributed by atoms with E-state index < -0.39 is 17.3 Å². The Morgan fingerprint density at radius 1 is 1.43 bits per heavy atom. The minimum absolute atomic E-state index is 0.0901. The Kier molecular flexibility index (Phi) is 2.27. The van der Waals surface area contributed by atoms with Crippen LogP contribution in [0, 0.1) is 11.3 Å². The van der Waals surface area contributed by atoms with Crippen LogP contribution in [0.25, 0.3) is 0 Å². The summed E-state index contributed by atoms with van der Waals surface area (Å²) in [5, 5.41) is 14.0. The normalized spacial score (nSPS) is 12.6. The zero-order valence-electron chi connectivity index (χ0n) is 7.61. The monoisotopic (exact) mass is 203 g/mol. The second-order valence-electron chi connectivity index (χ2n) is 3.40. The number of nitrogens with zero attached hydrogens (tertiary/aromatic N) is 2. The maximum atomic E-state index is 12.1. The van der Waals surface area contributed by atoms with Crippen LogP contribution >= 0.6 is 0 Å². The summed E-state index contributed by atoms with van der Waals surface area (Å²) in [6.07, 6.45) is -4.45. The average Bonchev–Trinajstić information content (AvgIpc) is 2.51. The summed E-state index contributed by atoms with van der Waals surface area (Å²) in [4.78, 5) is 0. The molecule has 1 heterocycles. The zero-order valence-corrected chi connectivity index (χ0v) is 7.61. The van der Waals surface area contributed by atoms with E-state index in [0.29, 0.717) is 0 Å². The fourth-order valence-corrected chi connectivity index (χ4v) is 0.844. The number of halogens is 3. The molecule has 0 aliphatic heterocycles. The van der Waals surface area contributed by atoms with Crippen molar-refractivity contribution in [2.45, 2.75) is 25.4 Å². The molecule has 0 aliphatic rings. The first-order chi connectivity index (χ1) is 6.27. The second kappa shape index (κ2) is 3.01. The first-order valence-electron chi connectivity index (χ1n) is 3.82. The lowest BCUT2D eigenvalue weighted by Crippen LogP contribution is -2.14. The summed E-state index contributed by atoms with van der Waals surface area (Å²) in [5.41, 5.74) is -1.86. The second-order valence-corrected chi connectivity index (χ2v) is 3.40. The summed E-state index contributed by atoms with van der Waals surface area (Å²) in [6, 6.07) is 2.72. The van der Waals surface area contributed by atoms with Crippen molar-refractivity contribution in [2.24, 2.45) is 0 Å². The van der Waals surface area contributed by atoms with Crippen LogP contribution in [0.3, 0.4) is 0 Å². The summed E-state index contributed by atoms with van der Waals surface area (Å²) in [6.45, 7) is 3.01. The molecule has 1 aromatic heterocycles. The van der Waals surface area contributed by atoms with Gasteiger partial charge in [-0.3, -0.25) is 5.10 Å². The lowest BCUT2D eigenvalue weighted by molar-refractivity contribution is -0.141. The number of hydrogen-bond acceptors (Lipinski definition) is 2. The molecular formula is C8H8F3N3. The van der Waals surface area contributed by atoms with Gasteiger partial charge in [-0.25, -0.2) is 0 Å². The number of H-pyrrole nitrogens is 1. The molecule has 0 bridgehead atoms. The Balaban J connectivity index is 3.08. The number of nitriles is 1. The SMILES string of the molecule is CC(C)(C#N)c1cc(C(F)(F)F)[nH]n1. The van der Waals surface area contributed by atoms with Crippen LogP contribution in [0.2, 0.25) is 0 Å². The largest absolute Gasteiger partial charge is 0.432 e. The lowest BCUT2D eigenvalue weighted by Gasteiger charge is -2.09. The van der Waals surface area contributed by atoms with Gasteiger partial charge in [-0.2, -0.15) is 23.5 Å². The fraction of sp³-hybridized carbons (Fsp3) is 0.500. The number of hydrogen-bond donors (Lipinski definition) is 1. The van der Waals surface area contributed by atoms with Crippen LogP contribution in [0.15, 0.2) is 6.07 Å². The smallest absolute Gasteiger partial charge is 0.273 e. The Bertz CT molecular complexity index is 370. The Morgan fingerprint density at radius 2 is 2.00 bits per heavy atom. The van der Waals surface area contributed by atoms with Gasteiger partial charge in [-0.1, -0.05) is 0 Å². The predicted molar refractivity (Wildman–Crippen MR) is 42.2 cm³/mol. The van der Waals surface area contributed by atoms with Crippen molar-refractivity contribution in [3.8, 4) is 6.07 Å². The molecule has 1 aromatic rings. The van der Waals surface area contributed by atoms with Gasteiger partial charge in [-0.05, 0) is 19.9 Å². The topological polar surface area (TPSA) is 52.5 Å². The van der Waals surface area contributed by atoms with Gasteiger partial charge in [0.25, 0.3) is 0 Å². The molecule has 0 saturated heterocycles. The van der Waals surface area contributed by atoms with Crippen LogP contribution in [0.4, 0.5) is 13.2 Å². The molecule has 0 radical (unpaired) electrons. The van der Waals surface area contributed by atoms with E-state index in [1.807, 2.05) is 11.2 Å². The molecule has 0 aromatic carbocycles. The van der Waals surface area contributed by atoms with Gasteiger partial charge in [-0.15, -0.1) is 0 Å². The molecule has 0 saturated carbocycles. The number of alkyl halides is 3. The van der Waals surface area contributed by atoms with Crippen LogP contribution in [0.5, 0.6) is 0 Å².